The van der Waals surface area contributed by atoms with Crippen LogP contribution in [-0.2, 0) is 6.18 Å². The Morgan fingerprint density at radius 2 is 2.00 bits per heavy atom. The van der Waals surface area contributed by atoms with Gasteiger partial charge in [-0.2, -0.15) is 13.2 Å². The molecule has 7 heteroatoms. The van der Waals surface area contributed by atoms with Crippen LogP contribution in [0, 0.1) is 0 Å². The van der Waals surface area contributed by atoms with Crippen molar-refractivity contribution in [1.82, 2.24) is 10.3 Å². The van der Waals surface area contributed by atoms with E-state index in [-0.39, 0.29) is 6.17 Å². The van der Waals surface area contributed by atoms with Crippen LogP contribution in [0.3, 0.4) is 0 Å². The monoisotopic (exact) mass is 297 g/mol. The lowest BCUT2D eigenvalue weighted by atomic mass is 10.2. The Kier molecular flexibility index (Phi) is 2.93. The summed E-state index contributed by atoms with van der Waals surface area (Å²) in [4.78, 5) is 1.77. The second kappa shape index (κ2) is 4.52. The van der Waals surface area contributed by atoms with E-state index in [1.807, 2.05) is 18.2 Å². The van der Waals surface area contributed by atoms with Crippen LogP contribution in [0.2, 0.25) is 0 Å². The Hall–Kier alpha value is -2.02. The van der Waals surface area contributed by atoms with Crippen LogP contribution < -0.4 is 10.4 Å². The molecule has 0 aromatic heterocycles. The van der Waals surface area contributed by atoms with Gasteiger partial charge in [-0.25, -0.2) is 0 Å². The number of alkyl halides is 3. The van der Waals surface area contributed by atoms with Crippen LogP contribution in [0.25, 0.3) is 0 Å². The van der Waals surface area contributed by atoms with Crippen molar-refractivity contribution in [3.63, 3.8) is 0 Å². The van der Waals surface area contributed by atoms with Crippen molar-refractivity contribution in [3.8, 4) is 0 Å². The lowest BCUT2D eigenvalue weighted by molar-refractivity contribution is -0.137. The van der Waals surface area contributed by atoms with Crippen LogP contribution in [0.1, 0.15) is 5.56 Å². The minimum absolute atomic E-state index is 0.254. The van der Waals surface area contributed by atoms with Crippen LogP contribution in [-0.4, -0.2) is 16.2 Å². The van der Waals surface area contributed by atoms with Gasteiger partial charge in [0, 0.05) is 6.20 Å². The summed E-state index contributed by atoms with van der Waals surface area (Å²) in [7, 11) is 0. The van der Waals surface area contributed by atoms with Crippen molar-refractivity contribution in [2.75, 3.05) is 5.01 Å². The average molecular weight is 297 g/mol. The number of fused-ring (bicyclic) bond motifs is 1. The van der Waals surface area contributed by atoms with E-state index in [9.17, 15) is 13.2 Å². The quantitative estimate of drug-likeness (QED) is 0.803. The molecule has 1 aromatic carbocycles. The Balaban J connectivity index is 1.96. The van der Waals surface area contributed by atoms with Crippen LogP contribution in [0.4, 0.5) is 18.9 Å². The molecule has 0 aliphatic carbocycles. The Bertz CT molecular complexity index is 609. The van der Waals surface area contributed by atoms with Crippen molar-refractivity contribution < 1.29 is 13.2 Å². The van der Waals surface area contributed by atoms with Gasteiger partial charge in [0.25, 0.3) is 0 Å². The van der Waals surface area contributed by atoms with Gasteiger partial charge < -0.3 is 0 Å². The molecule has 0 saturated carbocycles. The first kappa shape index (κ1) is 13.0. The van der Waals surface area contributed by atoms with Gasteiger partial charge in [0.05, 0.1) is 11.3 Å². The molecule has 0 radical (unpaired) electrons. The zero-order valence-electron chi connectivity index (χ0n) is 10.1. The minimum Gasteiger partial charge on any atom is -0.298 e. The zero-order chi connectivity index (χ0) is 14.3. The van der Waals surface area contributed by atoms with Crippen LogP contribution in [0.5, 0.6) is 0 Å². The van der Waals surface area contributed by atoms with E-state index in [4.69, 9.17) is 12.2 Å². The standard InChI is InChI=1S/C13H10F3N3S/c14-13(15,16)9-4-3-5-10(8-9)19-11-6-1-2-7-18(11)12(20)17-19/h1-8,11H,(H,17,20). The molecule has 104 valence electrons. The third kappa shape index (κ3) is 2.14. The maximum absolute atomic E-state index is 12.8. The molecule has 1 N–H and O–H groups in total. The molecule has 20 heavy (non-hydrogen) atoms. The molecular formula is C13H10F3N3S. The highest BCUT2D eigenvalue weighted by Gasteiger charge is 2.35. The predicted octanol–water partition coefficient (Wildman–Crippen LogP) is 3.03. The highest BCUT2D eigenvalue weighted by atomic mass is 32.1. The van der Waals surface area contributed by atoms with Gasteiger partial charge in [-0.1, -0.05) is 12.1 Å². The summed E-state index contributed by atoms with van der Waals surface area (Å²) in [5.74, 6) is 0. The highest BCUT2D eigenvalue weighted by molar-refractivity contribution is 7.80. The predicted molar refractivity (Wildman–Crippen MR) is 73.6 cm³/mol. The molecule has 0 bridgehead atoms. The van der Waals surface area contributed by atoms with Gasteiger partial charge >= 0.3 is 6.18 Å². The molecule has 1 unspecified atom stereocenters. The molecule has 1 fully saturated rings. The Labute approximate surface area is 118 Å². The Morgan fingerprint density at radius 1 is 1.20 bits per heavy atom. The van der Waals surface area contributed by atoms with E-state index in [0.29, 0.717) is 10.8 Å². The van der Waals surface area contributed by atoms with E-state index < -0.39 is 11.7 Å². The van der Waals surface area contributed by atoms with Gasteiger partial charge in [-0.3, -0.25) is 15.3 Å². The van der Waals surface area contributed by atoms with Crippen molar-refractivity contribution in [3.05, 3.63) is 54.3 Å². The summed E-state index contributed by atoms with van der Waals surface area (Å²) in [6.45, 7) is 0. The minimum atomic E-state index is -4.36. The van der Waals surface area contributed by atoms with Gasteiger partial charge in [0.2, 0.25) is 0 Å². The lowest BCUT2D eigenvalue weighted by Crippen LogP contribution is -2.39. The van der Waals surface area contributed by atoms with Gasteiger partial charge in [-0.15, -0.1) is 0 Å². The topological polar surface area (TPSA) is 18.5 Å². The number of thiocarbonyl (C=S) groups is 1. The normalized spacial score (nSPS) is 21.1. The van der Waals surface area contributed by atoms with E-state index in [0.717, 1.165) is 12.1 Å². The van der Waals surface area contributed by atoms with Crippen LogP contribution in [0.15, 0.2) is 48.7 Å². The number of nitrogens with zero attached hydrogens (tertiary/aromatic N) is 2. The average Bonchev–Trinajstić information content (AvgIpc) is 2.76. The molecule has 2 aliphatic heterocycles. The smallest absolute Gasteiger partial charge is 0.298 e. The number of hydrazine groups is 1. The van der Waals surface area contributed by atoms with E-state index in [1.165, 1.54) is 6.07 Å². The number of nitrogens with one attached hydrogen (secondary N) is 1. The number of hydrogen-bond donors (Lipinski definition) is 1. The fourth-order valence-corrected chi connectivity index (χ4v) is 2.43. The van der Waals surface area contributed by atoms with Crippen molar-refractivity contribution in [1.29, 1.82) is 0 Å². The molecule has 0 spiro atoms. The molecule has 1 saturated heterocycles. The third-order valence-corrected chi connectivity index (χ3v) is 3.39. The van der Waals surface area contributed by atoms with E-state index in [1.54, 1.807) is 22.2 Å². The largest absolute Gasteiger partial charge is 0.416 e. The number of rotatable bonds is 1. The summed E-state index contributed by atoms with van der Waals surface area (Å²) in [5.41, 5.74) is 2.64. The number of anilines is 1. The number of benzene rings is 1. The van der Waals surface area contributed by atoms with Gasteiger partial charge in [0.1, 0.15) is 6.17 Å². The first-order valence-electron chi connectivity index (χ1n) is 5.87. The van der Waals surface area contributed by atoms with Crippen molar-refractivity contribution in [2.24, 2.45) is 0 Å². The van der Waals surface area contributed by atoms with Crippen molar-refractivity contribution in [2.45, 2.75) is 12.3 Å². The molecular weight excluding hydrogens is 287 g/mol. The first-order chi connectivity index (χ1) is 9.47. The summed E-state index contributed by atoms with van der Waals surface area (Å²) in [6, 6.07) is 5.14. The maximum Gasteiger partial charge on any atom is 0.416 e. The SMILES string of the molecule is FC(F)(F)c1cccc(N2NC(=S)N3C=CC=CC32)c1. The molecule has 3 nitrogen and oxygen atoms in total. The molecule has 2 aliphatic rings. The third-order valence-electron chi connectivity index (χ3n) is 3.09. The first-order valence-corrected chi connectivity index (χ1v) is 6.28. The van der Waals surface area contributed by atoms with Crippen molar-refractivity contribution >= 4 is 23.0 Å². The molecule has 1 atom stereocenters. The molecule has 3 rings (SSSR count). The second-order valence-corrected chi connectivity index (χ2v) is 4.77. The number of allylic oxidation sites excluding steroid dienone is 2. The summed E-state index contributed by atoms with van der Waals surface area (Å²) >= 11 is 5.17. The molecule has 0 amide bonds. The highest BCUT2D eigenvalue weighted by Crippen LogP contribution is 2.33. The number of hydrogen-bond acceptors (Lipinski definition) is 2. The Morgan fingerprint density at radius 3 is 2.75 bits per heavy atom. The van der Waals surface area contributed by atoms with E-state index >= 15 is 0 Å². The fraction of sp³-hybridized carbons (Fsp3) is 0.154. The fourth-order valence-electron chi connectivity index (χ4n) is 2.16. The van der Waals surface area contributed by atoms with Gasteiger partial charge in [0.15, 0.2) is 5.11 Å². The van der Waals surface area contributed by atoms with Crippen LogP contribution >= 0.6 is 12.2 Å². The van der Waals surface area contributed by atoms with E-state index in [2.05, 4.69) is 5.43 Å². The summed E-state index contributed by atoms with van der Waals surface area (Å²) in [5, 5.41) is 2.06. The summed E-state index contributed by atoms with van der Waals surface area (Å²) in [6.07, 6.45) is 2.67. The zero-order valence-corrected chi connectivity index (χ0v) is 10.9. The maximum atomic E-state index is 12.8. The second-order valence-electron chi connectivity index (χ2n) is 4.38. The molecule has 1 aromatic rings. The lowest BCUT2D eigenvalue weighted by Gasteiger charge is -2.27. The summed E-state index contributed by atoms with van der Waals surface area (Å²) < 4.78 is 38.3. The molecule has 2 heterocycles. The van der Waals surface area contributed by atoms with Gasteiger partial charge in [-0.05, 0) is 42.6 Å². The number of halogens is 3.